The number of carbonyl (C=O) groups is 1. The summed E-state index contributed by atoms with van der Waals surface area (Å²) in [6.07, 6.45) is 5.68. The molecule has 3 aromatic carbocycles. The largest absolute Gasteiger partial charge is 0.481 e. The maximum atomic E-state index is 11.4. The maximum Gasteiger partial charge on any atom is 0.307 e. The fourth-order valence-corrected chi connectivity index (χ4v) is 7.25. The number of nitrogens with zero attached hydrogens (tertiary/aromatic N) is 6. The summed E-state index contributed by atoms with van der Waals surface area (Å²) in [6.45, 7) is 9.15. The number of hydrogen-bond acceptors (Lipinski definition) is 9. The number of rotatable bonds is 9. The quantitative estimate of drug-likeness (QED) is 0.161. The van der Waals surface area contributed by atoms with Crippen molar-refractivity contribution >= 4 is 39.5 Å². The molecule has 2 N–H and O–H groups in total. The van der Waals surface area contributed by atoms with E-state index in [9.17, 15) is 15.2 Å². The first kappa shape index (κ1) is 31.6. The highest BCUT2D eigenvalue weighted by Crippen LogP contribution is 2.38. The topological polar surface area (TPSA) is 131 Å². The predicted molar refractivity (Wildman–Crippen MR) is 193 cm³/mol. The summed E-state index contributed by atoms with van der Waals surface area (Å²) in [7, 11) is 0. The number of aliphatic carboxylic acids is 1. The Balaban J connectivity index is 1.08. The molecule has 0 spiro atoms. The molecular weight excluding hydrogens is 626 g/mol. The average Bonchev–Trinajstić information content (AvgIpc) is 3.75. The van der Waals surface area contributed by atoms with E-state index in [1.165, 1.54) is 12.0 Å². The van der Waals surface area contributed by atoms with Crippen LogP contribution in [0.1, 0.15) is 40.7 Å². The molecule has 3 aromatic heterocycles. The standard InChI is InChI=1S/C40H37N7O3/c1-24-31(32-7-4-9-34(25(32)2)44-38-36-28(10-12-42-38)17-27(20-43-36)22-46-13-5-14-46)6-3-8-33(24)39-45-35-18-26(16-30(19-41)37(35)50-39)21-47-15-11-29(23-47)40(48)49/h3-4,6-10,12,16-18,20,29H,5,11,13-15,21-23H2,1-2H3,(H,42,44)(H,48,49). The molecule has 5 heterocycles. The molecule has 10 nitrogen and oxygen atoms in total. The molecule has 250 valence electrons. The van der Waals surface area contributed by atoms with Gasteiger partial charge in [-0.25, -0.2) is 9.97 Å². The lowest BCUT2D eigenvalue weighted by atomic mass is 9.93. The van der Waals surface area contributed by atoms with Gasteiger partial charge in [0.05, 0.1) is 11.5 Å². The van der Waals surface area contributed by atoms with Gasteiger partial charge in [0.25, 0.3) is 0 Å². The number of pyridine rings is 2. The van der Waals surface area contributed by atoms with Gasteiger partial charge in [-0.1, -0.05) is 24.3 Å². The van der Waals surface area contributed by atoms with Crippen molar-refractivity contribution in [2.45, 2.75) is 39.8 Å². The fraction of sp³-hybridized carbons (Fsp3) is 0.275. The molecule has 1 unspecified atom stereocenters. The highest BCUT2D eigenvalue weighted by Gasteiger charge is 2.28. The second kappa shape index (κ2) is 13.0. The molecule has 0 radical (unpaired) electrons. The fourth-order valence-electron chi connectivity index (χ4n) is 7.25. The van der Waals surface area contributed by atoms with Crippen LogP contribution in [0.2, 0.25) is 0 Å². The van der Waals surface area contributed by atoms with Gasteiger partial charge in [-0.3, -0.25) is 19.6 Å². The second-order valence-corrected chi connectivity index (χ2v) is 13.5. The van der Waals surface area contributed by atoms with Crippen LogP contribution in [0.25, 0.3) is 44.6 Å². The van der Waals surface area contributed by atoms with Crippen LogP contribution in [0.5, 0.6) is 0 Å². The number of nitrogens with one attached hydrogen (secondary N) is 1. The van der Waals surface area contributed by atoms with Gasteiger partial charge in [-0.15, -0.1) is 0 Å². The van der Waals surface area contributed by atoms with E-state index in [0.717, 1.165) is 69.6 Å². The molecule has 8 rings (SSSR count). The molecule has 2 fully saturated rings. The Morgan fingerprint density at radius 1 is 0.960 bits per heavy atom. The molecule has 10 heteroatoms. The van der Waals surface area contributed by atoms with Gasteiger partial charge in [-0.05, 0) is 116 Å². The molecule has 6 aromatic rings. The molecule has 2 aliphatic heterocycles. The highest BCUT2D eigenvalue weighted by molar-refractivity contribution is 5.91. The van der Waals surface area contributed by atoms with Crippen LogP contribution in [0.4, 0.5) is 11.5 Å². The normalized spacial score (nSPS) is 16.5. The summed E-state index contributed by atoms with van der Waals surface area (Å²) in [4.78, 5) is 30.3. The number of oxazole rings is 1. The van der Waals surface area contributed by atoms with E-state index in [4.69, 9.17) is 14.4 Å². The lowest BCUT2D eigenvalue weighted by Gasteiger charge is -2.30. The number of carboxylic acids is 1. The predicted octanol–water partition coefficient (Wildman–Crippen LogP) is 7.45. The Labute approximate surface area is 290 Å². The van der Waals surface area contributed by atoms with Gasteiger partial charge in [0.15, 0.2) is 11.4 Å². The maximum absolute atomic E-state index is 11.4. The van der Waals surface area contributed by atoms with Crippen LogP contribution in [0.15, 0.2) is 77.5 Å². The van der Waals surface area contributed by atoms with Crippen molar-refractivity contribution in [2.24, 2.45) is 5.92 Å². The summed E-state index contributed by atoms with van der Waals surface area (Å²) in [5.41, 5.74) is 10.4. The summed E-state index contributed by atoms with van der Waals surface area (Å²) >= 11 is 0. The zero-order valence-electron chi connectivity index (χ0n) is 28.1. The van der Waals surface area contributed by atoms with Crippen LogP contribution < -0.4 is 5.32 Å². The Bertz CT molecular complexity index is 2320. The third-order valence-electron chi connectivity index (χ3n) is 10.2. The number of fused-ring (bicyclic) bond motifs is 2. The number of anilines is 2. The van der Waals surface area contributed by atoms with Crippen molar-refractivity contribution in [1.29, 1.82) is 5.26 Å². The van der Waals surface area contributed by atoms with Gasteiger partial charge in [0.2, 0.25) is 5.89 Å². The van der Waals surface area contributed by atoms with Crippen molar-refractivity contribution in [3.8, 4) is 28.7 Å². The second-order valence-electron chi connectivity index (χ2n) is 13.5. The van der Waals surface area contributed by atoms with E-state index in [0.29, 0.717) is 54.4 Å². The van der Waals surface area contributed by atoms with Crippen LogP contribution in [-0.2, 0) is 17.9 Å². The number of aromatic nitrogens is 3. The minimum atomic E-state index is -0.761. The zero-order chi connectivity index (χ0) is 34.4. The Kier molecular flexibility index (Phi) is 8.23. The smallest absolute Gasteiger partial charge is 0.307 e. The van der Waals surface area contributed by atoms with Crippen molar-refractivity contribution in [2.75, 3.05) is 31.5 Å². The van der Waals surface area contributed by atoms with E-state index >= 15 is 0 Å². The van der Waals surface area contributed by atoms with Gasteiger partial charge in [0.1, 0.15) is 17.1 Å². The van der Waals surface area contributed by atoms with E-state index in [1.54, 1.807) is 0 Å². The monoisotopic (exact) mass is 663 g/mol. The molecular formula is C40H37N7O3. The van der Waals surface area contributed by atoms with Crippen molar-refractivity contribution in [3.05, 3.63) is 101 Å². The van der Waals surface area contributed by atoms with Gasteiger partial charge in [-0.2, -0.15) is 5.26 Å². The summed E-state index contributed by atoms with van der Waals surface area (Å²) < 4.78 is 6.28. The number of nitriles is 1. The van der Waals surface area contributed by atoms with Crippen LogP contribution in [0, 0.1) is 31.1 Å². The first-order valence-electron chi connectivity index (χ1n) is 17.1. The van der Waals surface area contributed by atoms with E-state index in [1.807, 2.05) is 48.8 Å². The number of carboxylic acid groups (broad SMARTS) is 1. The first-order chi connectivity index (χ1) is 24.3. The zero-order valence-corrected chi connectivity index (χ0v) is 28.1. The molecule has 0 saturated carbocycles. The number of hydrogen-bond donors (Lipinski definition) is 2. The minimum absolute atomic E-state index is 0.358. The molecule has 2 aliphatic rings. The van der Waals surface area contributed by atoms with E-state index in [2.05, 4.69) is 64.3 Å². The minimum Gasteiger partial charge on any atom is -0.481 e. The molecule has 50 heavy (non-hydrogen) atoms. The lowest BCUT2D eigenvalue weighted by Crippen LogP contribution is -2.36. The molecule has 1 atom stereocenters. The number of likely N-dealkylation sites (tertiary alicyclic amines) is 2. The SMILES string of the molecule is Cc1c(Nc2nccc3cc(CN4CCC4)cnc23)cccc1-c1cccc(-c2nc3cc(CN4CCC(C(=O)O)C4)cc(C#N)c3o2)c1C. The van der Waals surface area contributed by atoms with Crippen molar-refractivity contribution < 1.29 is 14.3 Å². The molecule has 0 bridgehead atoms. The molecule has 2 saturated heterocycles. The Morgan fingerprint density at radius 2 is 1.74 bits per heavy atom. The lowest BCUT2D eigenvalue weighted by molar-refractivity contribution is -0.141. The first-order valence-corrected chi connectivity index (χ1v) is 17.1. The average molecular weight is 664 g/mol. The number of benzene rings is 3. The Morgan fingerprint density at radius 3 is 2.50 bits per heavy atom. The van der Waals surface area contributed by atoms with Gasteiger partial charge >= 0.3 is 5.97 Å². The summed E-state index contributed by atoms with van der Waals surface area (Å²) in [5.74, 6) is 0.0483. The summed E-state index contributed by atoms with van der Waals surface area (Å²) in [6, 6.07) is 22.6. The van der Waals surface area contributed by atoms with E-state index < -0.39 is 5.97 Å². The highest BCUT2D eigenvalue weighted by atomic mass is 16.4. The van der Waals surface area contributed by atoms with Crippen molar-refractivity contribution in [3.63, 3.8) is 0 Å². The molecule has 0 amide bonds. The third kappa shape index (κ3) is 5.95. The van der Waals surface area contributed by atoms with Crippen LogP contribution in [0.3, 0.4) is 0 Å². The van der Waals surface area contributed by atoms with E-state index in [-0.39, 0.29) is 5.92 Å². The van der Waals surface area contributed by atoms with Gasteiger partial charge < -0.3 is 14.8 Å². The van der Waals surface area contributed by atoms with Crippen LogP contribution in [-0.4, -0.2) is 62.0 Å². The Hall–Kier alpha value is -5.63. The van der Waals surface area contributed by atoms with Crippen LogP contribution >= 0.6 is 0 Å². The molecule has 0 aliphatic carbocycles. The van der Waals surface area contributed by atoms with Crippen molar-refractivity contribution in [1.82, 2.24) is 24.8 Å². The third-order valence-corrected chi connectivity index (χ3v) is 10.2. The van der Waals surface area contributed by atoms with Gasteiger partial charge in [0, 0.05) is 48.7 Å². The summed E-state index contributed by atoms with van der Waals surface area (Å²) in [5, 5.41) is 24.0.